The van der Waals surface area contributed by atoms with Gasteiger partial charge in [0, 0.05) is 35.5 Å². The molecule has 1 aromatic heterocycles. The van der Waals surface area contributed by atoms with E-state index in [4.69, 9.17) is 16.6 Å². The summed E-state index contributed by atoms with van der Waals surface area (Å²) in [7, 11) is 0. The molecule has 1 heterocycles. The number of benzene rings is 1. The number of hydrogen-bond acceptors (Lipinski definition) is 6. The maximum atomic E-state index is 12.8. The van der Waals surface area contributed by atoms with Gasteiger partial charge in [0.05, 0.1) is 18.4 Å². The van der Waals surface area contributed by atoms with Gasteiger partial charge in [0.15, 0.2) is 11.6 Å². The van der Waals surface area contributed by atoms with Crippen molar-refractivity contribution in [1.82, 2.24) is 9.97 Å². The van der Waals surface area contributed by atoms with E-state index in [2.05, 4.69) is 9.97 Å². The van der Waals surface area contributed by atoms with E-state index in [1.54, 1.807) is 18.3 Å². The largest absolute Gasteiger partial charge is 0.478 e. The molecule has 0 bridgehead atoms. The van der Waals surface area contributed by atoms with Crippen molar-refractivity contribution in [2.24, 2.45) is 11.5 Å². The number of Topliss-reactive ketones (excluding diaryl/α,β-unsaturated/α-hetero) is 2. The molecule has 8 nitrogen and oxygen atoms in total. The molecule has 26 heavy (non-hydrogen) atoms. The van der Waals surface area contributed by atoms with Crippen molar-refractivity contribution in [3.8, 4) is 0 Å². The number of ketones is 2. The number of aromatic nitrogens is 2. The zero-order valence-electron chi connectivity index (χ0n) is 14.2. The summed E-state index contributed by atoms with van der Waals surface area (Å²) in [5.41, 5.74) is 12.5. The molecule has 0 saturated carbocycles. The van der Waals surface area contributed by atoms with Crippen molar-refractivity contribution in [1.29, 1.82) is 0 Å². The molecule has 0 aliphatic carbocycles. The Balaban J connectivity index is 2.43. The van der Waals surface area contributed by atoms with Crippen molar-refractivity contribution >= 4 is 23.1 Å². The molecule has 0 radical (unpaired) electrons. The Kier molecular flexibility index (Phi) is 6.16. The summed E-state index contributed by atoms with van der Waals surface area (Å²) in [5.74, 6) is -2.29. The Morgan fingerprint density at radius 1 is 1.23 bits per heavy atom. The molecule has 136 valence electrons. The lowest BCUT2D eigenvalue weighted by Crippen LogP contribution is -2.34. The molecule has 2 rings (SSSR count). The SMILES string of the molecule is C[C@H](N)C(=O)C(=CC(=O)O)c1ccccc1C(=O)[C@@H](N)Cc1cnc[nH]1. The van der Waals surface area contributed by atoms with Crippen LogP contribution in [0.15, 0.2) is 42.9 Å². The zero-order valence-corrected chi connectivity index (χ0v) is 14.2. The molecule has 8 heteroatoms. The minimum atomic E-state index is -1.31. The number of carbonyl (C=O) groups excluding carboxylic acids is 2. The minimum absolute atomic E-state index is 0.134. The van der Waals surface area contributed by atoms with E-state index in [0.29, 0.717) is 5.69 Å². The molecule has 0 aliphatic heterocycles. The van der Waals surface area contributed by atoms with E-state index < -0.39 is 29.6 Å². The smallest absolute Gasteiger partial charge is 0.329 e. The van der Waals surface area contributed by atoms with Crippen LogP contribution >= 0.6 is 0 Å². The van der Waals surface area contributed by atoms with E-state index >= 15 is 0 Å². The average Bonchev–Trinajstić information content (AvgIpc) is 3.11. The first-order chi connectivity index (χ1) is 12.3. The van der Waals surface area contributed by atoms with Crippen LogP contribution in [0.5, 0.6) is 0 Å². The van der Waals surface area contributed by atoms with Crippen molar-refractivity contribution in [3.05, 3.63) is 59.7 Å². The topological polar surface area (TPSA) is 152 Å². The lowest BCUT2D eigenvalue weighted by molar-refractivity contribution is -0.131. The summed E-state index contributed by atoms with van der Waals surface area (Å²) in [4.78, 5) is 43.1. The van der Waals surface area contributed by atoms with Gasteiger partial charge in [0.1, 0.15) is 0 Å². The molecule has 0 unspecified atom stereocenters. The number of aromatic amines is 1. The number of aliphatic carboxylic acids is 1. The van der Waals surface area contributed by atoms with Crippen LogP contribution in [0.25, 0.3) is 5.57 Å². The number of nitrogens with one attached hydrogen (secondary N) is 1. The molecule has 0 spiro atoms. The summed E-state index contributed by atoms with van der Waals surface area (Å²) >= 11 is 0. The van der Waals surface area contributed by atoms with Gasteiger partial charge in [-0.2, -0.15) is 0 Å². The fraction of sp³-hybridized carbons (Fsp3) is 0.222. The fourth-order valence-corrected chi connectivity index (χ4v) is 2.51. The van der Waals surface area contributed by atoms with Crippen molar-refractivity contribution in [2.45, 2.75) is 25.4 Å². The molecule has 0 amide bonds. The van der Waals surface area contributed by atoms with Crippen LogP contribution in [0.2, 0.25) is 0 Å². The molecule has 6 N–H and O–H groups in total. The summed E-state index contributed by atoms with van der Waals surface area (Å²) in [6, 6.07) is 4.45. The molecule has 0 aliphatic rings. The van der Waals surface area contributed by atoms with Gasteiger partial charge in [0.2, 0.25) is 0 Å². The lowest BCUT2D eigenvalue weighted by atomic mass is 9.89. The monoisotopic (exact) mass is 356 g/mol. The average molecular weight is 356 g/mol. The summed E-state index contributed by atoms with van der Waals surface area (Å²) in [6.45, 7) is 1.45. The molecule has 0 fully saturated rings. The van der Waals surface area contributed by atoms with Crippen LogP contribution in [0.4, 0.5) is 0 Å². The lowest BCUT2D eigenvalue weighted by Gasteiger charge is -2.16. The molecular formula is C18H20N4O4. The fourth-order valence-electron chi connectivity index (χ4n) is 2.51. The summed E-state index contributed by atoms with van der Waals surface area (Å²) in [5, 5.41) is 9.10. The van der Waals surface area contributed by atoms with Crippen LogP contribution in [-0.2, 0) is 16.0 Å². The van der Waals surface area contributed by atoms with Gasteiger partial charge in [-0.05, 0) is 12.5 Å². The van der Waals surface area contributed by atoms with Crippen molar-refractivity contribution in [2.75, 3.05) is 0 Å². The van der Waals surface area contributed by atoms with Gasteiger partial charge in [-0.1, -0.05) is 24.3 Å². The normalized spacial score (nSPS) is 13.9. The van der Waals surface area contributed by atoms with E-state index in [1.165, 1.54) is 25.4 Å². The predicted octanol–water partition coefficient (Wildman–Crippen LogP) is 0.547. The first kappa shape index (κ1) is 19.2. The quantitative estimate of drug-likeness (QED) is 0.398. The Morgan fingerprint density at radius 2 is 1.88 bits per heavy atom. The summed E-state index contributed by atoms with van der Waals surface area (Å²) < 4.78 is 0. The van der Waals surface area contributed by atoms with Gasteiger partial charge < -0.3 is 21.6 Å². The number of nitrogens with zero attached hydrogens (tertiary/aromatic N) is 1. The number of hydrogen-bond donors (Lipinski definition) is 4. The van der Waals surface area contributed by atoms with Crippen LogP contribution in [0.1, 0.15) is 28.5 Å². The van der Waals surface area contributed by atoms with Gasteiger partial charge in [-0.3, -0.25) is 9.59 Å². The number of carboxylic acids is 1. The number of H-pyrrole nitrogens is 1. The van der Waals surface area contributed by atoms with Crippen molar-refractivity contribution < 1.29 is 19.5 Å². The first-order valence-electron chi connectivity index (χ1n) is 7.92. The standard InChI is InChI=1S/C18H20N4O4/c1-10(19)17(25)14(7-16(23)24)12-4-2-3-5-13(12)18(26)15(20)6-11-8-21-9-22-11/h2-5,7-10,15H,6,19-20H2,1H3,(H,21,22)(H,23,24)/t10-,15-/m0/s1. The number of carboxylic acid groups (broad SMARTS) is 1. The predicted molar refractivity (Wildman–Crippen MR) is 95.3 cm³/mol. The molecular weight excluding hydrogens is 336 g/mol. The number of imidazole rings is 1. The molecule has 2 atom stereocenters. The number of rotatable bonds is 8. The third-order valence-electron chi connectivity index (χ3n) is 3.76. The number of nitrogens with two attached hydrogens (primary N) is 2. The van der Waals surface area contributed by atoms with Crippen molar-refractivity contribution in [3.63, 3.8) is 0 Å². The summed E-state index contributed by atoms with van der Waals surface area (Å²) in [6.07, 6.45) is 4.04. The van der Waals surface area contributed by atoms with Crippen LogP contribution in [0, 0.1) is 0 Å². The van der Waals surface area contributed by atoms with Gasteiger partial charge in [-0.15, -0.1) is 0 Å². The second-order valence-electron chi connectivity index (χ2n) is 5.85. The third kappa shape index (κ3) is 4.50. The maximum absolute atomic E-state index is 12.8. The highest BCUT2D eigenvalue weighted by Crippen LogP contribution is 2.23. The highest BCUT2D eigenvalue weighted by molar-refractivity contribution is 6.27. The van der Waals surface area contributed by atoms with E-state index in [0.717, 1.165) is 6.08 Å². The van der Waals surface area contributed by atoms with Gasteiger partial charge in [0.25, 0.3) is 0 Å². The highest BCUT2D eigenvalue weighted by Gasteiger charge is 2.25. The van der Waals surface area contributed by atoms with Gasteiger partial charge in [-0.25, -0.2) is 9.78 Å². The van der Waals surface area contributed by atoms with E-state index in [9.17, 15) is 14.4 Å². The number of carbonyl (C=O) groups is 3. The zero-order chi connectivity index (χ0) is 19.3. The van der Waals surface area contributed by atoms with E-state index in [1.807, 2.05) is 0 Å². The molecule has 0 saturated heterocycles. The Hall–Kier alpha value is -3.10. The maximum Gasteiger partial charge on any atom is 0.329 e. The van der Waals surface area contributed by atoms with Gasteiger partial charge >= 0.3 is 5.97 Å². The van der Waals surface area contributed by atoms with Crippen LogP contribution in [0.3, 0.4) is 0 Å². The second kappa shape index (κ2) is 8.32. The third-order valence-corrected chi connectivity index (χ3v) is 3.76. The molecule has 2 aromatic rings. The highest BCUT2D eigenvalue weighted by atomic mass is 16.4. The second-order valence-corrected chi connectivity index (χ2v) is 5.85. The molecule has 1 aromatic carbocycles. The Labute approximate surface area is 149 Å². The first-order valence-corrected chi connectivity index (χ1v) is 7.92. The van der Waals surface area contributed by atoms with E-state index in [-0.39, 0.29) is 23.1 Å². The Bertz CT molecular complexity index is 841. The minimum Gasteiger partial charge on any atom is -0.478 e. The van der Waals surface area contributed by atoms with Crippen LogP contribution < -0.4 is 11.5 Å². The Morgan fingerprint density at radius 3 is 2.42 bits per heavy atom. The van der Waals surface area contributed by atoms with Crippen LogP contribution in [-0.4, -0.2) is 44.7 Å².